The molecule has 1 aromatic carbocycles. The molecule has 0 saturated carbocycles. The van der Waals surface area contributed by atoms with Crippen LogP contribution in [0.4, 0.5) is 5.82 Å². The summed E-state index contributed by atoms with van der Waals surface area (Å²) in [5, 5.41) is 10.6. The van der Waals surface area contributed by atoms with Gasteiger partial charge in [0.25, 0.3) is 0 Å². The minimum Gasteiger partial charge on any atom is -0.497 e. The number of hydrogen-bond donors (Lipinski definition) is 0. The standard InChI is InChI=1S/C13H13N3O4/c1-9(15-7-12(14-8-15)16(18)19)13(17)10-3-5-11(20-2)6-4-10/h3-9H,1-2H3. The van der Waals surface area contributed by atoms with Gasteiger partial charge in [-0.15, -0.1) is 0 Å². The Bertz CT molecular complexity index is 633. The summed E-state index contributed by atoms with van der Waals surface area (Å²) in [6.07, 6.45) is 2.52. The van der Waals surface area contributed by atoms with E-state index in [1.807, 2.05) is 0 Å². The Labute approximate surface area is 115 Å². The molecule has 7 nitrogen and oxygen atoms in total. The predicted octanol–water partition coefficient (Wildman–Crippen LogP) is 2.24. The highest BCUT2D eigenvalue weighted by molar-refractivity contribution is 5.98. The lowest BCUT2D eigenvalue weighted by molar-refractivity contribution is -0.389. The summed E-state index contributed by atoms with van der Waals surface area (Å²) in [5.41, 5.74) is 0.509. The minimum atomic E-state index is -0.596. The van der Waals surface area contributed by atoms with E-state index in [1.165, 1.54) is 17.1 Å². The molecule has 1 atom stereocenters. The van der Waals surface area contributed by atoms with Crippen LogP contribution >= 0.6 is 0 Å². The SMILES string of the molecule is COc1ccc(C(=O)C(C)n2cnc([N+](=O)[O-])c2)cc1. The van der Waals surface area contributed by atoms with Gasteiger partial charge in [-0.1, -0.05) is 0 Å². The van der Waals surface area contributed by atoms with Crippen molar-refractivity contribution in [2.45, 2.75) is 13.0 Å². The number of imidazole rings is 1. The number of rotatable bonds is 5. The van der Waals surface area contributed by atoms with Gasteiger partial charge < -0.3 is 14.9 Å². The van der Waals surface area contributed by atoms with Crippen LogP contribution in [-0.4, -0.2) is 27.4 Å². The number of nitrogens with zero attached hydrogens (tertiary/aromatic N) is 3. The first-order valence-electron chi connectivity index (χ1n) is 5.89. The third kappa shape index (κ3) is 2.66. The van der Waals surface area contributed by atoms with E-state index in [9.17, 15) is 14.9 Å². The van der Waals surface area contributed by atoms with E-state index in [0.29, 0.717) is 11.3 Å². The van der Waals surface area contributed by atoms with Crippen LogP contribution in [0.5, 0.6) is 5.75 Å². The average Bonchev–Trinajstić information content (AvgIpc) is 2.96. The van der Waals surface area contributed by atoms with E-state index in [4.69, 9.17) is 4.74 Å². The molecule has 0 aliphatic rings. The molecule has 0 radical (unpaired) electrons. The van der Waals surface area contributed by atoms with Crippen molar-refractivity contribution in [3.63, 3.8) is 0 Å². The number of methoxy groups -OCH3 is 1. The number of benzene rings is 1. The molecule has 2 aromatic rings. The number of nitro groups is 1. The quantitative estimate of drug-likeness (QED) is 0.474. The van der Waals surface area contributed by atoms with E-state index < -0.39 is 11.0 Å². The molecule has 0 bridgehead atoms. The maximum atomic E-state index is 12.3. The molecule has 0 fully saturated rings. The molecular formula is C13H13N3O4. The fourth-order valence-electron chi connectivity index (χ4n) is 1.76. The molecule has 2 rings (SSSR count). The molecule has 1 unspecified atom stereocenters. The molecule has 0 saturated heterocycles. The molecule has 1 aromatic heterocycles. The number of ketones is 1. The Hall–Kier alpha value is -2.70. The Morgan fingerprint density at radius 1 is 1.40 bits per heavy atom. The smallest absolute Gasteiger partial charge is 0.381 e. The van der Waals surface area contributed by atoms with Gasteiger partial charge in [0.1, 0.15) is 11.9 Å². The molecule has 104 valence electrons. The minimum absolute atomic E-state index is 0.153. The molecule has 0 spiro atoms. The summed E-state index contributed by atoms with van der Waals surface area (Å²) < 4.78 is 6.44. The van der Waals surface area contributed by atoms with Crippen LogP contribution in [0, 0.1) is 10.1 Å². The van der Waals surface area contributed by atoms with Crippen molar-refractivity contribution in [1.82, 2.24) is 9.55 Å². The van der Waals surface area contributed by atoms with Crippen LogP contribution in [0.25, 0.3) is 0 Å². The second-order valence-electron chi connectivity index (χ2n) is 4.20. The Morgan fingerprint density at radius 2 is 2.05 bits per heavy atom. The van der Waals surface area contributed by atoms with Gasteiger partial charge in [-0.3, -0.25) is 9.36 Å². The van der Waals surface area contributed by atoms with Crippen LogP contribution in [0.3, 0.4) is 0 Å². The van der Waals surface area contributed by atoms with Gasteiger partial charge in [0, 0.05) is 5.56 Å². The van der Waals surface area contributed by atoms with Gasteiger partial charge in [-0.05, 0) is 41.1 Å². The lowest BCUT2D eigenvalue weighted by Gasteiger charge is -2.10. The second kappa shape index (κ2) is 5.52. The third-order valence-corrected chi connectivity index (χ3v) is 2.98. The topological polar surface area (TPSA) is 87.3 Å². The molecule has 7 heteroatoms. The molecule has 0 amide bonds. The maximum absolute atomic E-state index is 12.3. The Morgan fingerprint density at radius 3 is 2.55 bits per heavy atom. The van der Waals surface area contributed by atoms with Crippen molar-refractivity contribution >= 4 is 11.6 Å². The first-order valence-corrected chi connectivity index (χ1v) is 5.89. The first-order chi connectivity index (χ1) is 9.52. The van der Waals surface area contributed by atoms with Gasteiger partial charge >= 0.3 is 5.82 Å². The molecule has 0 aliphatic carbocycles. The van der Waals surface area contributed by atoms with E-state index >= 15 is 0 Å². The van der Waals surface area contributed by atoms with E-state index in [1.54, 1.807) is 38.3 Å². The molecule has 1 heterocycles. The summed E-state index contributed by atoms with van der Waals surface area (Å²) in [7, 11) is 1.55. The van der Waals surface area contributed by atoms with Gasteiger partial charge in [-0.25, -0.2) is 0 Å². The summed E-state index contributed by atoms with van der Waals surface area (Å²) in [4.78, 5) is 25.9. The van der Waals surface area contributed by atoms with Gasteiger partial charge in [0.2, 0.25) is 6.33 Å². The van der Waals surface area contributed by atoms with Gasteiger partial charge in [-0.2, -0.15) is 0 Å². The lowest BCUT2D eigenvalue weighted by Crippen LogP contribution is -2.15. The van der Waals surface area contributed by atoms with Crippen LogP contribution in [0.1, 0.15) is 23.3 Å². The number of carbonyl (C=O) groups excluding carboxylic acids is 1. The zero-order valence-corrected chi connectivity index (χ0v) is 11.0. The number of carbonyl (C=O) groups is 1. The third-order valence-electron chi connectivity index (χ3n) is 2.98. The zero-order valence-electron chi connectivity index (χ0n) is 11.0. The summed E-state index contributed by atoms with van der Waals surface area (Å²) >= 11 is 0. The van der Waals surface area contributed by atoms with Crippen LogP contribution < -0.4 is 4.74 Å². The lowest BCUT2D eigenvalue weighted by atomic mass is 10.1. The highest BCUT2D eigenvalue weighted by Crippen LogP contribution is 2.19. The fourth-order valence-corrected chi connectivity index (χ4v) is 1.76. The van der Waals surface area contributed by atoms with E-state index in [2.05, 4.69) is 4.98 Å². The first kappa shape index (κ1) is 13.7. The van der Waals surface area contributed by atoms with Gasteiger partial charge in [0.15, 0.2) is 5.78 Å². The van der Waals surface area contributed by atoms with Crippen LogP contribution in [0.15, 0.2) is 36.8 Å². The van der Waals surface area contributed by atoms with Crippen molar-refractivity contribution in [2.75, 3.05) is 7.11 Å². The van der Waals surface area contributed by atoms with Crippen LogP contribution in [-0.2, 0) is 0 Å². The molecular weight excluding hydrogens is 262 g/mol. The molecule has 0 N–H and O–H groups in total. The largest absolute Gasteiger partial charge is 0.497 e. The highest BCUT2D eigenvalue weighted by atomic mass is 16.6. The van der Waals surface area contributed by atoms with Crippen molar-refractivity contribution in [3.8, 4) is 5.75 Å². The van der Waals surface area contributed by atoms with Gasteiger partial charge in [0.05, 0.1) is 13.2 Å². The normalized spacial score (nSPS) is 11.9. The van der Waals surface area contributed by atoms with Crippen molar-refractivity contribution in [3.05, 3.63) is 52.5 Å². The van der Waals surface area contributed by atoms with Crippen molar-refractivity contribution in [1.29, 1.82) is 0 Å². The number of Topliss-reactive ketones (excluding diaryl/α,β-unsaturated/α-hetero) is 1. The highest BCUT2D eigenvalue weighted by Gasteiger charge is 2.20. The maximum Gasteiger partial charge on any atom is 0.381 e. The predicted molar refractivity (Wildman–Crippen MR) is 70.9 cm³/mol. The number of hydrogen-bond acceptors (Lipinski definition) is 5. The summed E-state index contributed by atoms with van der Waals surface area (Å²) in [6.45, 7) is 1.66. The Balaban J connectivity index is 2.20. The molecule has 20 heavy (non-hydrogen) atoms. The average molecular weight is 275 g/mol. The molecule has 0 aliphatic heterocycles. The Kier molecular flexibility index (Phi) is 3.79. The van der Waals surface area contributed by atoms with Crippen molar-refractivity contribution in [2.24, 2.45) is 0 Å². The van der Waals surface area contributed by atoms with Crippen molar-refractivity contribution < 1.29 is 14.5 Å². The monoisotopic (exact) mass is 275 g/mol. The van der Waals surface area contributed by atoms with E-state index in [0.717, 1.165) is 0 Å². The second-order valence-corrected chi connectivity index (χ2v) is 4.20. The number of ether oxygens (including phenoxy) is 1. The van der Waals surface area contributed by atoms with E-state index in [-0.39, 0.29) is 11.6 Å². The fraction of sp³-hybridized carbons (Fsp3) is 0.231. The van der Waals surface area contributed by atoms with Crippen LogP contribution in [0.2, 0.25) is 0 Å². The number of aromatic nitrogens is 2. The summed E-state index contributed by atoms with van der Waals surface area (Å²) in [6, 6.07) is 6.13. The summed E-state index contributed by atoms with van der Waals surface area (Å²) in [5.74, 6) is 0.229. The zero-order chi connectivity index (χ0) is 14.7.